The van der Waals surface area contributed by atoms with E-state index in [1.54, 1.807) is 6.92 Å². The van der Waals surface area contributed by atoms with Gasteiger partial charge in [-0.25, -0.2) is 4.79 Å². The number of methoxy groups -OCH3 is 1. The first kappa shape index (κ1) is 8.00. The van der Waals surface area contributed by atoms with Crippen molar-refractivity contribution in [2.45, 2.75) is 6.92 Å². The van der Waals surface area contributed by atoms with Crippen LogP contribution in [0.5, 0.6) is 5.88 Å². The van der Waals surface area contributed by atoms with Gasteiger partial charge in [-0.3, -0.25) is 0 Å². The molecule has 0 amide bonds. The maximum Gasteiger partial charge on any atom is 0.344 e. The molecule has 0 radical (unpaired) electrons. The smallest absolute Gasteiger partial charge is 0.344 e. The second kappa shape index (κ2) is 2.87. The molecule has 11 heavy (non-hydrogen) atoms. The lowest BCUT2D eigenvalue weighted by Crippen LogP contribution is -2.01. The number of nitrogens with zero attached hydrogens (tertiary/aromatic N) is 1. The molecule has 60 valence electrons. The van der Waals surface area contributed by atoms with Crippen molar-refractivity contribution in [3.05, 3.63) is 10.4 Å². The summed E-state index contributed by atoms with van der Waals surface area (Å²) >= 11 is 1.07. The van der Waals surface area contributed by atoms with Crippen LogP contribution in [0.3, 0.4) is 0 Å². The molecule has 0 aromatic carbocycles. The first-order valence-corrected chi connectivity index (χ1v) is 3.67. The van der Waals surface area contributed by atoms with Gasteiger partial charge in [0.05, 0.1) is 7.11 Å². The number of rotatable bonds is 1. The Bertz CT molecular complexity index is 262. The molecular formula is C6H7NO3S. The van der Waals surface area contributed by atoms with E-state index >= 15 is 0 Å². The number of hydrogen-bond acceptors (Lipinski definition) is 5. The topological polar surface area (TPSA) is 59.4 Å². The largest absolute Gasteiger partial charge is 0.492 e. The SMILES string of the molecule is COC(=O)c1c(O)nsc1C. The van der Waals surface area contributed by atoms with Gasteiger partial charge in [-0.1, -0.05) is 0 Å². The molecule has 1 rings (SSSR count). The quantitative estimate of drug-likeness (QED) is 0.642. The van der Waals surface area contributed by atoms with Gasteiger partial charge in [-0.2, -0.15) is 4.37 Å². The summed E-state index contributed by atoms with van der Waals surface area (Å²) in [6.07, 6.45) is 0. The van der Waals surface area contributed by atoms with Gasteiger partial charge in [0.15, 0.2) is 0 Å². The summed E-state index contributed by atoms with van der Waals surface area (Å²) in [5.41, 5.74) is 0.164. The fourth-order valence-corrected chi connectivity index (χ4v) is 1.28. The number of aromatic hydroxyl groups is 1. The fourth-order valence-electron chi connectivity index (χ4n) is 0.698. The molecule has 1 aromatic rings. The Morgan fingerprint density at radius 2 is 2.36 bits per heavy atom. The number of aryl methyl sites for hydroxylation is 1. The minimum atomic E-state index is -0.547. The highest BCUT2D eigenvalue weighted by atomic mass is 32.1. The lowest BCUT2D eigenvalue weighted by Gasteiger charge is -1.95. The number of esters is 1. The molecule has 0 saturated heterocycles. The van der Waals surface area contributed by atoms with E-state index in [1.165, 1.54) is 7.11 Å². The minimum absolute atomic E-state index is 0.164. The molecule has 1 N–H and O–H groups in total. The highest BCUT2D eigenvalue weighted by Gasteiger charge is 2.17. The molecule has 0 spiro atoms. The summed E-state index contributed by atoms with van der Waals surface area (Å²) in [5.74, 6) is -0.798. The van der Waals surface area contributed by atoms with Gasteiger partial charge >= 0.3 is 5.97 Å². The van der Waals surface area contributed by atoms with E-state index in [9.17, 15) is 4.79 Å². The molecular weight excluding hydrogens is 166 g/mol. The van der Waals surface area contributed by atoms with Crippen LogP contribution in [0.1, 0.15) is 15.2 Å². The zero-order valence-corrected chi connectivity index (χ0v) is 6.94. The van der Waals surface area contributed by atoms with Gasteiger partial charge in [0.2, 0.25) is 5.88 Å². The molecule has 4 nitrogen and oxygen atoms in total. The van der Waals surface area contributed by atoms with Gasteiger partial charge in [-0.15, -0.1) is 0 Å². The summed E-state index contributed by atoms with van der Waals surface area (Å²) in [5, 5.41) is 9.03. The van der Waals surface area contributed by atoms with E-state index in [2.05, 4.69) is 9.11 Å². The van der Waals surface area contributed by atoms with Crippen LogP contribution in [0.15, 0.2) is 0 Å². The minimum Gasteiger partial charge on any atom is -0.492 e. The standard InChI is InChI=1S/C6H7NO3S/c1-3-4(6(9)10-2)5(8)7-11-3/h1-2H3,(H,7,8). The second-order valence-electron chi connectivity index (χ2n) is 1.93. The lowest BCUT2D eigenvalue weighted by molar-refractivity contribution is 0.0597. The van der Waals surface area contributed by atoms with Crippen LogP contribution >= 0.6 is 11.5 Å². The van der Waals surface area contributed by atoms with E-state index in [4.69, 9.17) is 5.11 Å². The summed E-state index contributed by atoms with van der Waals surface area (Å²) < 4.78 is 8.01. The second-order valence-corrected chi connectivity index (χ2v) is 2.91. The predicted molar refractivity (Wildman–Crippen MR) is 39.9 cm³/mol. The Morgan fingerprint density at radius 3 is 2.73 bits per heavy atom. The summed E-state index contributed by atoms with van der Waals surface area (Å²) in [7, 11) is 1.26. The molecule has 0 atom stereocenters. The molecule has 0 aliphatic rings. The Kier molecular flexibility index (Phi) is 2.09. The molecule has 1 heterocycles. The number of aromatic nitrogens is 1. The van der Waals surface area contributed by atoms with Crippen molar-refractivity contribution >= 4 is 17.5 Å². The third-order valence-electron chi connectivity index (χ3n) is 1.23. The van der Waals surface area contributed by atoms with Crippen LogP contribution in [-0.4, -0.2) is 22.6 Å². The van der Waals surface area contributed by atoms with Crippen LogP contribution in [0, 0.1) is 6.92 Å². The highest BCUT2D eigenvalue weighted by Crippen LogP contribution is 2.23. The molecule has 0 unspecified atom stereocenters. The van der Waals surface area contributed by atoms with Gasteiger partial charge in [0.25, 0.3) is 0 Å². The molecule has 0 bridgehead atoms. The Balaban J connectivity index is 3.10. The summed E-state index contributed by atoms with van der Waals surface area (Å²) in [6, 6.07) is 0. The summed E-state index contributed by atoms with van der Waals surface area (Å²) in [6.45, 7) is 1.70. The van der Waals surface area contributed by atoms with Gasteiger partial charge in [0, 0.05) is 4.88 Å². The molecule has 0 aliphatic heterocycles. The van der Waals surface area contributed by atoms with E-state index < -0.39 is 5.97 Å². The highest BCUT2D eigenvalue weighted by molar-refractivity contribution is 7.06. The van der Waals surface area contributed by atoms with Crippen LogP contribution < -0.4 is 0 Å². The number of carbonyl (C=O) groups is 1. The van der Waals surface area contributed by atoms with E-state index in [1.807, 2.05) is 0 Å². The zero-order valence-electron chi connectivity index (χ0n) is 6.12. The Labute approximate surface area is 67.6 Å². The maximum atomic E-state index is 10.9. The van der Waals surface area contributed by atoms with E-state index in [0.29, 0.717) is 4.88 Å². The number of ether oxygens (including phenoxy) is 1. The summed E-state index contributed by atoms with van der Waals surface area (Å²) in [4.78, 5) is 11.6. The Hall–Kier alpha value is -1.10. The van der Waals surface area contributed by atoms with Crippen LogP contribution in [-0.2, 0) is 4.74 Å². The monoisotopic (exact) mass is 173 g/mol. The van der Waals surface area contributed by atoms with Crippen molar-refractivity contribution in [3.63, 3.8) is 0 Å². The van der Waals surface area contributed by atoms with Gasteiger partial charge in [0.1, 0.15) is 5.56 Å². The predicted octanol–water partition coefficient (Wildman–Crippen LogP) is 0.944. The first-order valence-electron chi connectivity index (χ1n) is 2.90. The van der Waals surface area contributed by atoms with Crippen molar-refractivity contribution in [2.24, 2.45) is 0 Å². The van der Waals surface area contributed by atoms with Crippen LogP contribution in [0.2, 0.25) is 0 Å². The van der Waals surface area contributed by atoms with Crippen molar-refractivity contribution in [1.82, 2.24) is 4.37 Å². The molecule has 0 fully saturated rings. The zero-order chi connectivity index (χ0) is 8.43. The van der Waals surface area contributed by atoms with Crippen molar-refractivity contribution < 1.29 is 14.6 Å². The number of carbonyl (C=O) groups excluding carboxylic acids is 1. The van der Waals surface area contributed by atoms with E-state index in [0.717, 1.165) is 11.5 Å². The van der Waals surface area contributed by atoms with Crippen LogP contribution in [0.4, 0.5) is 0 Å². The normalized spacial score (nSPS) is 9.64. The average Bonchev–Trinajstić information content (AvgIpc) is 2.30. The van der Waals surface area contributed by atoms with E-state index in [-0.39, 0.29) is 11.4 Å². The van der Waals surface area contributed by atoms with Crippen LogP contribution in [0.25, 0.3) is 0 Å². The number of hydrogen-bond donors (Lipinski definition) is 1. The molecule has 0 saturated carbocycles. The maximum absolute atomic E-state index is 10.9. The fraction of sp³-hybridized carbons (Fsp3) is 0.333. The Morgan fingerprint density at radius 1 is 1.73 bits per heavy atom. The van der Waals surface area contributed by atoms with Crippen molar-refractivity contribution in [2.75, 3.05) is 7.11 Å². The lowest BCUT2D eigenvalue weighted by atomic mass is 10.3. The molecule has 5 heteroatoms. The molecule has 0 aliphatic carbocycles. The van der Waals surface area contributed by atoms with Gasteiger partial charge < -0.3 is 9.84 Å². The third-order valence-corrected chi connectivity index (χ3v) is 1.98. The van der Waals surface area contributed by atoms with Gasteiger partial charge in [-0.05, 0) is 18.5 Å². The van der Waals surface area contributed by atoms with Crippen molar-refractivity contribution in [1.29, 1.82) is 0 Å². The first-order chi connectivity index (χ1) is 5.16. The average molecular weight is 173 g/mol. The third kappa shape index (κ3) is 1.32. The van der Waals surface area contributed by atoms with Crippen molar-refractivity contribution in [3.8, 4) is 5.88 Å². The molecule has 1 aromatic heterocycles.